The molecule has 0 fully saturated rings. The fraction of sp³-hybridized carbons (Fsp3) is 0.161. The summed E-state index contributed by atoms with van der Waals surface area (Å²) in [5.41, 5.74) is 4.96. The predicted octanol–water partition coefficient (Wildman–Crippen LogP) is 7.01. The maximum absolute atomic E-state index is 13.7. The van der Waals surface area contributed by atoms with Crippen molar-refractivity contribution in [2.45, 2.75) is 36.9 Å². The number of fused-ring (bicyclic) bond motifs is 2. The minimum Gasteiger partial charge on any atom is -0.496 e. The van der Waals surface area contributed by atoms with Gasteiger partial charge in [-0.2, -0.15) is 9.78 Å². The highest BCUT2D eigenvalue weighted by molar-refractivity contribution is 7.99. The fourth-order valence-electron chi connectivity index (χ4n) is 4.62. The Hall–Kier alpha value is -4.63. The minimum atomic E-state index is -0.262. The number of benzene rings is 3. The zero-order chi connectivity index (χ0) is 27.8. The van der Waals surface area contributed by atoms with Gasteiger partial charge in [0, 0.05) is 5.56 Å². The van der Waals surface area contributed by atoms with E-state index in [1.54, 1.807) is 13.2 Å². The summed E-state index contributed by atoms with van der Waals surface area (Å²) in [5.74, 6) is 1.97. The molecule has 6 aromatic rings. The molecule has 0 saturated carbocycles. The second kappa shape index (κ2) is 10.5. The summed E-state index contributed by atoms with van der Waals surface area (Å²) in [4.78, 5) is 26.4. The molecule has 3 aromatic heterocycles. The number of para-hydroxylation sites is 3. The normalized spacial score (nSPS) is 11.8. The van der Waals surface area contributed by atoms with Crippen LogP contribution in [0, 0.1) is 6.92 Å². The minimum absolute atomic E-state index is 0.212. The number of imidazole rings is 1. The number of hydrogen-bond donors (Lipinski definition) is 1. The molecule has 0 amide bonds. The van der Waals surface area contributed by atoms with E-state index in [1.165, 1.54) is 22.7 Å². The molecule has 0 saturated heterocycles. The second-order valence-corrected chi connectivity index (χ2v) is 10.7. The zero-order valence-electron chi connectivity index (χ0n) is 22.5. The SMILES string of the molecule is COc1cc(C)c(-c2nc3ccccc3c(=O)n2N=Cc2ccc(Sc3nc4ccccc4[nH]3)o2)cc1C(C)C. The molecule has 0 aliphatic carbocycles. The van der Waals surface area contributed by atoms with E-state index in [0.717, 1.165) is 38.6 Å². The van der Waals surface area contributed by atoms with Gasteiger partial charge >= 0.3 is 0 Å². The van der Waals surface area contributed by atoms with Gasteiger partial charge in [0.2, 0.25) is 0 Å². The first kappa shape index (κ1) is 25.6. The highest BCUT2D eigenvalue weighted by Gasteiger charge is 2.18. The van der Waals surface area contributed by atoms with Gasteiger partial charge < -0.3 is 14.1 Å². The molecule has 40 heavy (non-hydrogen) atoms. The van der Waals surface area contributed by atoms with Crippen LogP contribution in [-0.4, -0.2) is 33.0 Å². The van der Waals surface area contributed by atoms with E-state index >= 15 is 0 Å². The number of nitrogens with one attached hydrogen (secondary N) is 1. The van der Waals surface area contributed by atoms with Crippen molar-refractivity contribution in [3.05, 3.63) is 100 Å². The Bertz CT molecular complexity index is 1920. The lowest BCUT2D eigenvalue weighted by atomic mass is 9.96. The third-order valence-corrected chi connectivity index (χ3v) is 7.47. The lowest BCUT2D eigenvalue weighted by molar-refractivity contribution is 0.407. The molecule has 1 N–H and O–H groups in total. The third-order valence-electron chi connectivity index (χ3n) is 6.66. The van der Waals surface area contributed by atoms with E-state index in [9.17, 15) is 4.79 Å². The van der Waals surface area contributed by atoms with E-state index < -0.39 is 0 Å². The van der Waals surface area contributed by atoms with E-state index in [2.05, 4.69) is 28.9 Å². The molecule has 0 aliphatic rings. The van der Waals surface area contributed by atoms with Crippen molar-refractivity contribution in [2.75, 3.05) is 7.11 Å². The Morgan fingerprint density at radius 2 is 1.80 bits per heavy atom. The van der Waals surface area contributed by atoms with Crippen LogP contribution in [0.25, 0.3) is 33.3 Å². The van der Waals surface area contributed by atoms with Gasteiger partial charge in [0.25, 0.3) is 5.56 Å². The smallest absolute Gasteiger partial charge is 0.282 e. The molecule has 3 aromatic carbocycles. The van der Waals surface area contributed by atoms with Crippen molar-refractivity contribution in [3.8, 4) is 17.1 Å². The van der Waals surface area contributed by atoms with E-state index in [0.29, 0.717) is 27.6 Å². The van der Waals surface area contributed by atoms with Crippen LogP contribution in [0.3, 0.4) is 0 Å². The summed E-state index contributed by atoms with van der Waals surface area (Å²) in [5, 5.41) is 6.44. The van der Waals surface area contributed by atoms with Gasteiger partial charge in [0.1, 0.15) is 11.5 Å². The van der Waals surface area contributed by atoms with E-state index in [-0.39, 0.29) is 11.5 Å². The quantitative estimate of drug-likeness (QED) is 0.215. The third kappa shape index (κ3) is 4.80. The van der Waals surface area contributed by atoms with Crippen molar-refractivity contribution < 1.29 is 9.15 Å². The molecule has 8 nitrogen and oxygen atoms in total. The van der Waals surface area contributed by atoms with Gasteiger partial charge in [-0.25, -0.2) is 9.97 Å². The van der Waals surface area contributed by atoms with Gasteiger partial charge in [0.15, 0.2) is 16.1 Å². The van der Waals surface area contributed by atoms with Crippen LogP contribution >= 0.6 is 11.8 Å². The van der Waals surface area contributed by atoms with Crippen molar-refractivity contribution in [1.29, 1.82) is 0 Å². The number of aromatic nitrogens is 4. The first-order chi connectivity index (χ1) is 19.4. The molecule has 200 valence electrons. The molecule has 3 heterocycles. The summed E-state index contributed by atoms with van der Waals surface area (Å²) in [6.07, 6.45) is 1.53. The van der Waals surface area contributed by atoms with Crippen LogP contribution in [0.5, 0.6) is 5.75 Å². The molecule has 0 aliphatic heterocycles. The summed E-state index contributed by atoms with van der Waals surface area (Å²) >= 11 is 1.38. The van der Waals surface area contributed by atoms with Crippen molar-refractivity contribution in [1.82, 2.24) is 19.6 Å². The van der Waals surface area contributed by atoms with Gasteiger partial charge in [-0.05, 0) is 84.3 Å². The fourth-order valence-corrected chi connectivity index (χ4v) is 5.39. The van der Waals surface area contributed by atoms with E-state index in [4.69, 9.17) is 14.1 Å². The van der Waals surface area contributed by atoms with Gasteiger partial charge in [0.05, 0.1) is 35.3 Å². The van der Waals surface area contributed by atoms with Crippen LogP contribution in [-0.2, 0) is 0 Å². The van der Waals surface area contributed by atoms with Crippen LogP contribution < -0.4 is 10.3 Å². The average molecular weight is 550 g/mol. The zero-order valence-corrected chi connectivity index (χ0v) is 23.3. The largest absolute Gasteiger partial charge is 0.496 e. The molecule has 6 rings (SSSR count). The Morgan fingerprint density at radius 3 is 2.58 bits per heavy atom. The maximum Gasteiger partial charge on any atom is 0.282 e. The topological polar surface area (TPSA) is 98.3 Å². The lowest BCUT2D eigenvalue weighted by Gasteiger charge is -2.17. The monoisotopic (exact) mass is 549 g/mol. The summed E-state index contributed by atoms with van der Waals surface area (Å²) in [7, 11) is 1.67. The summed E-state index contributed by atoms with van der Waals surface area (Å²) < 4.78 is 13.0. The molecule has 0 spiro atoms. The van der Waals surface area contributed by atoms with Crippen LogP contribution in [0.1, 0.15) is 36.7 Å². The first-order valence-electron chi connectivity index (χ1n) is 12.9. The first-order valence-corrected chi connectivity index (χ1v) is 13.7. The average Bonchev–Trinajstić information content (AvgIpc) is 3.58. The number of nitrogens with zero attached hydrogens (tertiary/aromatic N) is 4. The van der Waals surface area contributed by atoms with Gasteiger partial charge in [-0.15, -0.1) is 0 Å². The predicted molar refractivity (Wildman–Crippen MR) is 159 cm³/mol. The molecule has 0 atom stereocenters. The van der Waals surface area contributed by atoms with Crippen LogP contribution in [0.4, 0.5) is 0 Å². The Kier molecular flexibility index (Phi) is 6.73. The Morgan fingerprint density at radius 1 is 1.02 bits per heavy atom. The Balaban J connectivity index is 1.40. The number of furan rings is 1. The number of aryl methyl sites for hydroxylation is 1. The molecule has 0 radical (unpaired) electrons. The van der Waals surface area contributed by atoms with Gasteiger partial charge in [-0.1, -0.05) is 38.1 Å². The van der Waals surface area contributed by atoms with Crippen molar-refractivity contribution in [2.24, 2.45) is 5.10 Å². The Labute approximate surface area is 234 Å². The molecular formula is C31H27N5O3S. The van der Waals surface area contributed by atoms with Crippen LogP contribution in [0.15, 0.2) is 97.4 Å². The van der Waals surface area contributed by atoms with Crippen LogP contribution in [0.2, 0.25) is 0 Å². The highest BCUT2D eigenvalue weighted by Crippen LogP contribution is 2.34. The number of methoxy groups -OCH3 is 1. The number of rotatable bonds is 7. The lowest BCUT2D eigenvalue weighted by Crippen LogP contribution is -2.20. The highest BCUT2D eigenvalue weighted by atomic mass is 32.2. The summed E-state index contributed by atoms with van der Waals surface area (Å²) in [6.45, 7) is 6.19. The second-order valence-electron chi connectivity index (χ2n) is 9.70. The molecular weight excluding hydrogens is 522 g/mol. The maximum atomic E-state index is 13.7. The number of ether oxygens (including phenoxy) is 1. The van der Waals surface area contributed by atoms with Gasteiger partial charge in [-0.3, -0.25) is 4.79 Å². The summed E-state index contributed by atoms with van der Waals surface area (Å²) in [6, 6.07) is 22.8. The molecule has 0 bridgehead atoms. The number of aromatic amines is 1. The number of hydrogen-bond acceptors (Lipinski definition) is 7. The molecule has 9 heteroatoms. The molecule has 0 unspecified atom stereocenters. The van der Waals surface area contributed by atoms with E-state index in [1.807, 2.05) is 73.7 Å². The van der Waals surface area contributed by atoms with Crippen molar-refractivity contribution in [3.63, 3.8) is 0 Å². The van der Waals surface area contributed by atoms with Crippen molar-refractivity contribution >= 4 is 39.9 Å². The standard InChI is InChI=1S/C31H27N5O3S/c1-18(2)22-16-23(19(3)15-27(22)38-4)29-33-24-10-6-5-9-21(24)30(37)36(29)32-17-20-13-14-28(39-20)40-31-34-25-11-7-8-12-26(25)35-31/h5-18H,1-4H3,(H,34,35). The number of H-pyrrole nitrogens is 1.